The molecule has 28 heavy (non-hydrogen) atoms. The molecule has 0 radical (unpaired) electrons. The van der Waals surface area contributed by atoms with Crippen LogP contribution in [0.5, 0.6) is 0 Å². The van der Waals surface area contributed by atoms with Crippen LogP contribution < -0.4 is 4.90 Å². The number of nitrogens with zero attached hydrogens (tertiary/aromatic N) is 3. The Labute approximate surface area is 181 Å². The molecular weight excluding hydrogens is 417 g/mol. The molecule has 1 aromatic carbocycles. The molecule has 2 heterocycles. The highest BCUT2D eigenvalue weighted by molar-refractivity contribution is 7.22. The number of hydrogen-bond acceptors (Lipinski definition) is 5. The quantitative estimate of drug-likeness (QED) is 0.680. The van der Waals surface area contributed by atoms with Gasteiger partial charge in [0.2, 0.25) is 5.91 Å². The van der Waals surface area contributed by atoms with E-state index in [0.717, 1.165) is 84.5 Å². The van der Waals surface area contributed by atoms with Crippen molar-refractivity contribution in [1.82, 2.24) is 9.88 Å². The Balaban J connectivity index is 0.00000225. The minimum Gasteiger partial charge on any atom is -0.379 e. The second-order valence-corrected chi connectivity index (χ2v) is 8.94. The van der Waals surface area contributed by atoms with E-state index in [4.69, 9.17) is 21.3 Å². The molecule has 154 valence electrons. The third kappa shape index (κ3) is 4.79. The smallest absolute Gasteiger partial charge is 0.231 e. The maximum atomic E-state index is 13.3. The second-order valence-electron chi connectivity index (χ2n) is 7.49. The highest BCUT2D eigenvalue weighted by Crippen LogP contribution is 2.35. The molecule has 4 rings (SSSR count). The normalized spacial score (nSPS) is 18.4. The summed E-state index contributed by atoms with van der Waals surface area (Å²) in [6, 6.07) is 3.88. The number of hydrogen-bond donors (Lipinski definition) is 0. The van der Waals surface area contributed by atoms with Crippen LogP contribution in [0.25, 0.3) is 10.2 Å². The van der Waals surface area contributed by atoms with Gasteiger partial charge < -0.3 is 4.74 Å². The number of rotatable bonds is 5. The van der Waals surface area contributed by atoms with E-state index >= 15 is 0 Å². The number of aryl methyl sites for hydroxylation is 1. The zero-order valence-corrected chi connectivity index (χ0v) is 18.5. The molecule has 0 unspecified atom stereocenters. The SMILES string of the molecule is Cc1cc(Cl)cc2sc(N(CCN3CCOCC3)C(=O)C3CCCC3)nc12.Cl. The van der Waals surface area contributed by atoms with Gasteiger partial charge in [-0.2, -0.15) is 0 Å². The Morgan fingerprint density at radius 1 is 1.32 bits per heavy atom. The van der Waals surface area contributed by atoms with E-state index in [1.807, 2.05) is 24.0 Å². The first kappa shape index (κ1) is 21.8. The number of benzene rings is 1. The van der Waals surface area contributed by atoms with Crippen LogP contribution >= 0.6 is 35.3 Å². The van der Waals surface area contributed by atoms with Crippen molar-refractivity contribution in [1.29, 1.82) is 0 Å². The van der Waals surface area contributed by atoms with E-state index in [0.29, 0.717) is 6.54 Å². The lowest BCUT2D eigenvalue weighted by molar-refractivity contribution is -0.122. The summed E-state index contributed by atoms with van der Waals surface area (Å²) >= 11 is 7.80. The molecule has 2 aromatic rings. The second kappa shape index (κ2) is 9.72. The molecule has 1 aromatic heterocycles. The van der Waals surface area contributed by atoms with Gasteiger partial charge >= 0.3 is 0 Å². The molecule has 8 heteroatoms. The highest BCUT2D eigenvalue weighted by Gasteiger charge is 2.30. The van der Waals surface area contributed by atoms with Crippen LogP contribution in [0.2, 0.25) is 5.02 Å². The first-order valence-corrected chi connectivity index (χ1v) is 11.0. The molecule has 2 fully saturated rings. The lowest BCUT2D eigenvalue weighted by Crippen LogP contribution is -2.44. The van der Waals surface area contributed by atoms with Gasteiger partial charge in [0.1, 0.15) is 0 Å². The number of anilines is 1. The van der Waals surface area contributed by atoms with Gasteiger partial charge in [-0.25, -0.2) is 4.98 Å². The Morgan fingerprint density at radius 2 is 2.04 bits per heavy atom. The summed E-state index contributed by atoms with van der Waals surface area (Å²) in [5.74, 6) is 0.384. The molecule has 1 saturated carbocycles. The molecule has 0 spiro atoms. The number of aromatic nitrogens is 1. The summed E-state index contributed by atoms with van der Waals surface area (Å²) in [6.07, 6.45) is 4.32. The van der Waals surface area contributed by atoms with E-state index in [1.54, 1.807) is 11.3 Å². The van der Waals surface area contributed by atoms with Crippen LogP contribution in [-0.4, -0.2) is 55.2 Å². The number of morpholine rings is 1. The van der Waals surface area contributed by atoms with E-state index in [-0.39, 0.29) is 24.2 Å². The van der Waals surface area contributed by atoms with Crippen molar-refractivity contribution >= 4 is 56.6 Å². The summed E-state index contributed by atoms with van der Waals surface area (Å²) in [5, 5.41) is 1.53. The number of amides is 1. The first-order chi connectivity index (χ1) is 13.1. The molecule has 2 aliphatic rings. The van der Waals surface area contributed by atoms with Crippen molar-refractivity contribution in [2.24, 2.45) is 5.92 Å². The first-order valence-electron chi connectivity index (χ1n) is 9.80. The Kier molecular flexibility index (Phi) is 7.56. The predicted molar refractivity (Wildman–Crippen MR) is 118 cm³/mol. The molecular formula is C20H27Cl2N3O2S. The zero-order chi connectivity index (χ0) is 18.8. The number of carbonyl (C=O) groups is 1. The van der Waals surface area contributed by atoms with E-state index in [2.05, 4.69) is 4.90 Å². The maximum absolute atomic E-state index is 13.3. The molecule has 1 amide bonds. The average molecular weight is 444 g/mol. The van der Waals surface area contributed by atoms with E-state index in [1.165, 1.54) is 0 Å². The molecule has 0 N–H and O–H groups in total. The van der Waals surface area contributed by atoms with Crippen LogP contribution in [0, 0.1) is 12.8 Å². The number of ether oxygens (including phenoxy) is 1. The largest absolute Gasteiger partial charge is 0.379 e. The van der Waals surface area contributed by atoms with Crippen molar-refractivity contribution in [2.75, 3.05) is 44.3 Å². The molecule has 5 nitrogen and oxygen atoms in total. The number of carbonyl (C=O) groups excluding carboxylic acids is 1. The topological polar surface area (TPSA) is 45.7 Å². The van der Waals surface area contributed by atoms with Crippen molar-refractivity contribution in [3.05, 3.63) is 22.7 Å². The van der Waals surface area contributed by atoms with Crippen LogP contribution in [-0.2, 0) is 9.53 Å². The third-order valence-corrected chi connectivity index (χ3v) is 6.83. The summed E-state index contributed by atoms with van der Waals surface area (Å²) in [4.78, 5) is 22.4. The summed E-state index contributed by atoms with van der Waals surface area (Å²) < 4.78 is 6.49. The van der Waals surface area contributed by atoms with Gasteiger partial charge in [-0.15, -0.1) is 12.4 Å². The van der Waals surface area contributed by atoms with Gasteiger partial charge in [0.15, 0.2) is 5.13 Å². The average Bonchev–Trinajstić information content (AvgIpc) is 3.32. The fourth-order valence-corrected chi connectivity index (χ4v) is 5.47. The highest BCUT2D eigenvalue weighted by atomic mass is 35.5. The number of halogens is 2. The summed E-state index contributed by atoms with van der Waals surface area (Å²) in [6.45, 7) is 6.97. The lowest BCUT2D eigenvalue weighted by Gasteiger charge is -2.30. The van der Waals surface area contributed by atoms with Crippen LogP contribution in [0.3, 0.4) is 0 Å². The van der Waals surface area contributed by atoms with Crippen molar-refractivity contribution in [3.63, 3.8) is 0 Å². The summed E-state index contributed by atoms with van der Waals surface area (Å²) in [5.41, 5.74) is 2.01. The van der Waals surface area contributed by atoms with Crippen LogP contribution in [0.15, 0.2) is 12.1 Å². The van der Waals surface area contributed by atoms with Gasteiger partial charge in [-0.05, 0) is 37.5 Å². The van der Waals surface area contributed by atoms with Gasteiger partial charge in [0, 0.05) is 37.1 Å². The monoisotopic (exact) mass is 443 g/mol. The Hall–Kier alpha value is -0.920. The van der Waals surface area contributed by atoms with Gasteiger partial charge in [0.05, 0.1) is 23.4 Å². The molecule has 0 atom stereocenters. The lowest BCUT2D eigenvalue weighted by atomic mass is 10.1. The zero-order valence-electron chi connectivity index (χ0n) is 16.2. The van der Waals surface area contributed by atoms with Crippen molar-refractivity contribution in [2.45, 2.75) is 32.6 Å². The standard InChI is InChI=1S/C20H26ClN3O2S.ClH/c1-14-12-16(21)13-17-18(14)22-20(27-17)24(19(25)15-4-2-3-5-15)7-6-23-8-10-26-11-9-23;/h12-13,15H,2-11H2,1H3;1H. The summed E-state index contributed by atoms with van der Waals surface area (Å²) in [7, 11) is 0. The van der Waals surface area contributed by atoms with Gasteiger partial charge in [0.25, 0.3) is 0 Å². The Bertz CT molecular complexity index is 817. The minimum absolute atomic E-state index is 0. The predicted octanol–water partition coefficient (Wildman–Crippen LogP) is 4.54. The fraction of sp³-hybridized carbons (Fsp3) is 0.600. The number of thiazole rings is 1. The fourth-order valence-electron chi connectivity index (χ4n) is 4.02. The van der Waals surface area contributed by atoms with Crippen molar-refractivity contribution in [3.8, 4) is 0 Å². The molecule has 1 aliphatic heterocycles. The van der Waals surface area contributed by atoms with Crippen molar-refractivity contribution < 1.29 is 9.53 Å². The van der Waals surface area contributed by atoms with Gasteiger partial charge in [-0.3, -0.25) is 14.6 Å². The number of fused-ring (bicyclic) bond motifs is 1. The molecule has 1 aliphatic carbocycles. The molecule has 0 bridgehead atoms. The maximum Gasteiger partial charge on any atom is 0.231 e. The van der Waals surface area contributed by atoms with Crippen LogP contribution in [0.4, 0.5) is 5.13 Å². The van der Waals surface area contributed by atoms with Crippen LogP contribution in [0.1, 0.15) is 31.2 Å². The van der Waals surface area contributed by atoms with Gasteiger partial charge in [-0.1, -0.05) is 35.8 Å². The van der Waals surface area contributed by atoms with E-state index < -0.39 is 0 Å². The molecule has 1 saturated heterocycles. The third-order valence-electron chi connectivity index (χ3n) is 5.58. The van der Waals surface area contributed by atoms with E-state index in [9.17, 15) is 4.79 Å². The minimum atomic E-state index is 0. The Morgan fingerprint density at radius 3 is 2.75 bits per heavy atom.